The number of nitrogens with zero attached hydrogens (tertiary/aromatic N) is 2. The van der Waals surface area contributed by atoms with Crippen LogP contribution in [0.15, 0.2) is 30.5 Å². The van der Waals surface area contributed by atoms with Crippen molar-refractivity contribution in [3.8, 4) is 17.0 Å². The van der Waals surface area contributed by atoms with Crippen molar-refractivity contribution >= 4 is 0 Å². The molecule has 0 aliphatic carbocycles. The lowest BCUT2D eigenvalue weighted by molar-refractivity contribution is -0.137. The molecule has 0 saturated carbocycles. The molecule has 0 unspecified atom stereocenters. The molecule has 0 atom stereocenters. The molecule has 6 heteroatoms. The summed E-state index contributed by atoms with van der Waals surface area (Å²) in [5.41, 5.74) is -1.34. The predicted molar refractivity (Wildman–Crippen MR) is 69.3 cm³/mol. The summed E-state index contributed by atoms with van der Waals surface area (Å²) in [5, 5.41) is 13.9. The van der Waals surface area contributed by atoms with Gasteiger partial charge in [0.1, 0.15) is 5.69 Å². The van der Waals surface area contributed by atoms with Crippen LogP contribution in [0.25, 0.3) is 11.3 Å². The zero-order valence-electron chi connectivity index (χ0n) is 11.4. The van der Waals surface area contributed by atoms with E-state index in [-0.39, 0.29) is 17.0 Å². The second-order valence-electron chi connectivity index (χ2n) is 5.50. The maximum absolute atomic E-state index is 13.1. The highest BCUT2D eigenvalue weighted by atomic mass is 19.4. The molecule has 1 heterocycles. The van der Waals surface area contributed by atoms with Crippen molar-refractivity contribution in [1.29, 1.82) is 0 Å². The van der Waals surface area contributed by atoms with Gasteiger partial charge in [-0.1, -0.05) is 18.2 Å². The molecular weight excluding hydrogens is 269 g/mol. The van der Waals surface area contributed by atoms with E-state index in [2.05, 4.69) is 5.10 Å². The van der Waals surface area contributed by atoms with E-state index in [0.717, 1.165) is 12.3 Å². The molecule has 2 aromatic rings. The number of aromatic hydroxyl groups is 1. The first kappa shape index (κ1) is 14.4. The Morgan fingerprint density at radius 1 is 1.10 bits per heavy atom. The molecule has 0 fully saturated rings. The number of rotatable bonds is 1. The topological polar surface area (TPSA) is 38.0 Å². The average Bonchev–Trinajstić information content (AvgIpc) is 2.69. The van der Waals surface area contributed by atoms with Crippen LogP contribution in [0.3, 0.4) is 0 Å². The van der Waals surface area contributed by atoms with Gasteiger partial charge in [-0.2, -0.15) is 18.3 Å². The standard InChI is InChI=1S/C14H15F3N2O/c1-13(2,3)19-12(11(20)8-18-19)9-6-4-5-7-10(9)14(15,16)17/h4-8,20H,1-3H3. The van der Waals surface area contributed by atoms with E-state index in [1.165, 1.54) is 22.9 Å². The fourth-order valence-electron chi connectivity index (χ4n) is 2.04. The summed E-state index contributed by atoms with van der Waals surface area (Å²) in [7, 11) is 0. The zero-order valence-corrected chi connectivity index (χ0v) is 11.4. The summed E-state index contributed by atoms with van der Waals surface area (Å²) in [5.74, 6) is -0.267. The summed E-state index contributed by atoms with van der Waals surface area (Å²) >= 11 is 0. The van der Waals surface area contributed by atoms with Gasteiger partial charge in [0.05, 0.1) is 17.3 Å². The van der Waals surface area contributed by atoms with Crippen LogP contribution >= 0.6 is 0 Å². The van der Waals surface area contributed by atoms with Gasteiger partial charge < -0.3 is 5.11 Å². The number of hydrogen-bond acceptors (Lipinski definition) is 2. The first-order chi connectivity index (χ1) is 9.12. The van der Waals surface area contributed by atoms with Crippen LogP contribution in [0.2, 0.25) is 0 Å². The van der Waals surface area contributed by atoms with Gasteiger partial charge in [-0.25, -0.2) is 0 Å². The van der Waals surface area contributed by atoms with Crippen molar-refractivity contribution in [3.63, 3.8) is 0 Å². The van der Waals surface area contributed by atoms with Crippen molar-refractivity contribution in [1.82, 2.24) is 9.78 Å². The Kier molecular flexibility index (Phi) is 3.28. The molecule has 0 amide bonds. The van der Waals surface area contributed by atoms with Gasteiger partial charge in [-0.15, -0.1) is 0 Å². The SMILES string of the molecule is CC(C)(C)n1ncc(O)c1-c1ccccc1C(F)(F)F. The second-order valence-corrected chi connectivity index (χ2v) is 5.50. The normalized spacial score (nSPS) is 12.7. The van der Waals surface area contributed by atoms with E-state index in [1.54, 1.807) is 20.8 Å². The number of aromatic nitrogens is 2. The van der Waals surface area contributed by atoms with Crippen LogP contribution in [0.1, 0.15) is 26.3 Å². The summed E-state index contributed by atoms with van der Waals surface area (Å²) in [4.78, 5) is 0. The van der Waals surface area contributed by atoms with Crippen LogP contribution in [0, 0.1) is 0 Å². The maximum Gasteiger partial charge on any atom is 0.417 e. The monoisotopic (exact) mass is 284 g/mol. The van der Waals surface area contributed by atoms with Gasteiger partial charge >= 0.3 is 6.18 Å². The minimum atomic E-state index is -4.49. The van der Waals surface area contributed by atoms with Crippen molar-refractivity contribution < 1.29 is 18.3 Å². The lowest BCUT2D eigenvalue weighted by atomic mass is 10.0. The fourth-order valence-corrected chi connectivity index (χ4v) is 2.04. The van der Waals surface area contributed by atoms with E-state index in [0.29, 0.717) is 0 Å². The summed E-state index contributed by atoms with van der Waals surface area (Å²) in [6, 6.07) is 5.15. The Balaban J connectivity index is 2.74. The van der Waals surface area contributed by atoms with Crippen molar-refractivity contribution in [3.05, 3.63) is 36.0 Å². The lowest BCUT2D eigenvalue weighted by Crippen LogP contribution is -2.24. The smallest absolute Gasteiger partial charge is 0.417 e. The highest BCUT2D eigenvalue weighted by Gasteiger charge is 2.35. The van der Waals surface area contributed by atoms with Gasteiger partial charge in [0.25, 0.3) is 0 Å². The molecule has 1 N–H and O–H groups in total. The predicted octanol–water partition coefficient (Wildman–Crippen LogP) is 4.03. The van der Waals surface area contributed by atoms with Crippen molar-refractivity contribution in [2.45, 2.75) is 32.5 Å². The Morgan fingerprint density at radius 2 is 1.70 bits per heavy atom. The molecule has 1 aromatic heterocycles. The van der Waals surface area contributed by atoms with E-state index in [4.69, 9.17) is 0 Å². The molecular formula is C14H15F3N2O. The number of hydrogen-bond donors (Lipinski definition) is 1. The highest BCUT2D eigenvalue weighted by Crippen LogP contribution is 2.41. The van der Waals surface area contributed by atoms with Crippen LogP contribution in [-0.2, 0) is 11.7 Å². The third-order valence-corrected chi connectivity index (χ3v) is 2.87. The first-order valence-corrected chi connectivity index (χ1v) is 6.06. The van der Waals surface area contributed by atoms with Gasteiger partial charge in [-0.05, 0) is 26.8 Å². The van der Waals surface area contributed by atoms with Crippen LogP contribution < -0.4 is 0 Å². The Morgan fingerprint density at radius 3 is 2.25 bits per heavy atom. The molecule has 0 aliphatic rings. The van der Waals surface area contributed by atoms with Gasteiger partial charge in [-0.3, -0.25) is 4.68 Å². The van der Waals surface area contributed by atoms with Crippen LogP contribution in [-0.4, -0.2) is 14.9 Å². The van der Waals surface area contributed by atoms with E-state index >= 15 is 0 Å². The van der Waals surface area contributed by atoms with Crippen molar-refractivity contribution in [2.24, 2.45) is 0 Å². The van der Waals surface area contributed by atoms with Crippen molar-refractivity contribution in [2.75, 3.05) is 0 Å². The minimum absolute atomic E-state index is 0.0745. The Bertz CT molecular complexity index is 624. The summed E-state index contributed by atoms with van der Waals surface area (Å²) in [6.45, 7) is 5.41. The summed E-state index contributed by atoms with van der Waals surface area (Å²) in [6.07, 6.45) is -3.33. The largest absolute Gasteiger partial charge is 0.504 e. The van der Waals surface area contributed by atoms with Crippen LogP contribution in [0.4, 0.5) is 13.2 Å². The molecule has 3 nitrogen and oxygen atoms in total. The number of alkyl halides is 3. The Labute approximate surface area is 114 Å². The zero-order chi connectivity index (χ0) is 15.1. The molecule has 20 heavy (non-hydrogen) atoms. The summed E-state index contributed by atoms with van der Waals surface area (Å²) < 4.78 is 40.7. The first-order valence-electron chi connectivity index (χ1n) is 6.06. The fraction of sp³-hybridized carbons (Fsp3) is 0.357. The lowest BCUT2D eigenvalue weighted by Gasteiger charge is -2.23. The minimum Gasteiger partial charge on any atom is -0.504 e. The second kappa shape index (κ2) is 4.54. The number of halogens is 3. The van der Waals surface area contributed by atoms with Gasteiger partial charge in [0, 0.05) is 5.56 Å². The molecule has 1 aromatic carbocycles. The third-order valence-electron chi connectivity index (χ3n) is 2.87. The quantitative estimate of drug-likeness (QED) is 0.858. The highest BCUT2D eigenvalue weighted by molar-refractivity contribution is 5.70. The van der Waals surface area contributed by atoms with Gasteiger partial charge in [0.15, 0.2) is 5.75 Å². The van der Waals surface area contributed by atoms with E-state index < -0.39 is 17.3 Å². The molecule has 0 aliphatic heterocycles. The average molecular weight is 284 g/mol. The number of benzene rings is 1. The maximum atomic E-state index is 13.1. The molecule has 108 valence electrons. The molecule has 0 radical (unpaired) electrons. The van der Waals surface area contributed by atoms with Crippen LogP contribution in [0.5, 0.6) is 5.75 Å². The van der Waals surface area contributed by atoms with E-state index in [1.807, 2.05) is 0 Å². The van der Waals surface area contributed by atoms with Gasteiger partial charge in [0.2, 0.25) is 0 Å². The molecule has 0 bridgehead atoms. The van der Waals surface area contributed by atoms with E-state index in [9.17, 15) is 18.3 Å². The third kappa shape index (κ3) is 2.50. The Hall–Kier alpha value is -1.98. The molecule has 0 spiro atoms. The molecule has 2 rings (SSSR count). The molecule has 0 saturated heterocycles.